The zero-order valence-corrected chi connectivity index (χ0v) is 18.7. The van der Waals surface area contributed by atoms with Crippen LogP contribution in [-0.2, 0) is 26.5 Å². The van der Waals surface area contributed by atoms with Crippen LogP contribution < -0.4 is 5.73 Å². The van der Waals surface area contributed by atoms with Crippen LogP contribution in [0.4, 0.5) is 13.2 Å². The van der Waals surface area contributed by atoms with Gasteiger partial charge in [-0.05, 0) is 43.7 Å². The van der Waals surface area contributed by atoms with Crippen LogP contribution in [0.3, 0.4) is 0 Å². The third kappa shape index (κ3) is 3.54. The number of alkyl halides is 1. The molecule has 0 amide bonds. The van der Waals surface area contributed by atoms with Crippen LogP contribution in [0.25, 0.3) is 0 Å². The predicted molar refractivity (Wildman–Crippen MR) is 114 cm³/mol. The third-order valence-electron chi connectivity index (χ3n) is 6.34. The topological polar surface area (TPSA) is 112 Å². The van der Waals surface area contributed by atoms with Gasteiger partial charge in [-0.1, -0.05) is 6.07 Å². The number of aromatic nitrogens is 1. The molecule has 176 valence electrons. The second-order valence-corrected chi connectivity index (χ2v) is 11.3. The molecule has 1 aromatic heterocycles. The highest BCUT2D eigenvalue weighted by molar-refractivity contribution is 7.94. The molecule has 33 heavy (non-hydrogen) atoms. The van der Waals surface area contributed by atoms with Crippen molar-refractivity contribution >= 4 is 21.5 Å². The minimum atomic E-state index is -4.16. The standard InChI is InChI=1S/C22H22F3N3O4S/c1-21(2)20(26)28-22(11-32-18(9-23)19(22)33(21,30)31)14-7-12(3-5-15(14)25)8-17(29)16-6-4-13(24)10-27-16/h3-7,10,18-19H,8-9,11H2,1-2H3,(H2,26,28)/t18?,19-,22-/m1/s1. The summed E-state index contributed by atoms with van der Waals surface area (Å²) >= 11 is 0. The summed E-state index contributed by atoms with van der Waals surface area (Å²) in [4.78, 5) is 20.7. The number of aliphatic imine (C=N–C) groups is 1. The molecule has 2 aromatic rings. The molecule has 0 aliphatic carbocycles. The fraction of sp³-hybridized carbons (Fsp3) is 0.409. The Morgan fingerprint density at radius 3 is 2.61 bits per heavy atom. The molecule has 11 heteroatoms. The van der Waals surface area contributed by atoms with E-state index in [1.165, 1.54) is 32.0 Å². The van der Waals surface area contributed by atoms with Gasteiger partial charge in [-0.15, -0.1) is 0 Å². The third-order valence-corrected chi connectivity index (χ3v) is 9.33. The lowest BCUT2D eigenvalue weighted by Gasteiger charge is -2.42. The van der Waals surface area contributed by atoms with Crippen molar-refractivity contribution in [3.63, 3.8) is 0 Å². The predicted octanol–water partition coefficient (Wildman–Crippen LogP) is 2.28. The summed E-state index contributed by atoms with van der Waals surface area (Å²) in [5, 5.41) is -1.50. The number of amidine groups is 1. The van der Waals surface area contributed by atoms with E-state index in [0.717, 1.165) is 18.3 Å². The number of ether oxygens (including phenoxy) is 1. The number of nitrogens with zero attached hydrogens (tertiary/aromatic N) is 2. The minimum Gasteiger partial charge on any atom is -0.386 e. The fourth-order valence-electron chi connectivity index (χ4n) is 4.32. The molecule has 0 saturated carbocycles. The number of carbonyl (C=O) groups is 1. The Morgan fingerprint density at radius 1 is 1.24 bits per heavy atom. The molecule has 2 aliphatic heterocycles. The summed E-state index contributed by atoms with van der Waals surface area (Å²) in [5.74, 6) is -2.07. The normalized spacial score (nSPS) is 27.6. The first-order valence-electron chi connectivity index (χ1n) is 10.1. The van der Waals surface area contributed by atoms with E-state index in [9.17, 15) is 22.0 Å². The highest BCUT2D eigenvalue weighted by atomic mass is 32.2. The van der Waals surface area contributed by atoms with Gasteiger partial charge in [-0.3, -0.25) is 14.8 Å². The summed E-state index contributed by atoms with van der Waals surface area (Å²) in [6.45, 7) is 1.23. The molecule has 3 atom stereocenters. The number of benzene rings is 1. The van der Waals surface area contributed by atoms with Crippen LogP contribution in [0.15, 0.2) is 41.5 Å². The number of nitrogens with two attached hydrogens (primary N) is 1. The van der Waals surface area contributed by atoms with E-state index in [2.05, 4.69) is 9.98 Å². The van der Waals surface area contributed by atoms with E-state index in [-0.39, 0.29) is 23.5 Å². The van der Waals surface area contributed by atoms with Crippen molar-refractivity contribution in [2.24, 2.45) is 10.7 Å². The summed E-state index contributed by atoms with van der Waals surface area (Å²) < 4.78 is 72.7. The lowest BCUT2D eigenvalue weighted by molar-refractivity contribution is 0.0847. The Morgan fingerprint density at radius 2 is 1.97 bits per heavy atom. The van der Waals surface area contributed by atoms with E-state index in [1.54, 1.807) is 0 Å². The Bertz CT molecular complexity index is 1250. The molecule has 0 spiro atoms. The van der Waals surface area contributed by atoms with Crippen molar-refractivity contribution in [3.05, 3.63) is 65.0 Å². The van der Waals surface area contributed by atoms with Gasteiger partial charge in [-0.2, -0.15) is 0 Å². The molecule has 2 N–H and O–H groups in total. The van der Waals surface area contributed by atoms with Crippen molar-refractivity contribution in [2.45, 2.75) is 41.9 Å². The Balaban J connectivity index is 1.81. The van der Waals surface area contributed by atoms with E-state index in [1.807, 2.05) is 0 Å². The molecule has 2 aliphatic rings. The highest BCUT2D eigenvalue weighted by Gasteiger charge is 2.65. The van der Waals surface area contributed by atoms with Crippen LogP contribution in [0.1, 0.15) is 35.5 Å². The highest BCUT2D eigenvalue weighted by Crippen LogP contribution is 2.49. The van der Waals surface area contributed by atoms with Gasteiger partial charge in [0.05, 0.1) is 12.8 Å². The van der Waals surface area contributed by atoms with Gasteiger partial charge in [0.1, 0.15) is 51.5 Å². The average Bonchev–Trinajstić information content (AvgIpc) is 3.14. The molecule has 1 unspecified atom stereocenters. The number of ketones is 1. The first-order valence-corrected chi connectivity index (χ1v) is 11.7. The average molecular weight is 481 g/mol. The van der Waals surface area contributed by atoms with Gasteiger partial charge in [0.25, 0.3) is 0 Å². The number of halogens is 3. The van der Waals surface area contributed by atoms with Crippen molar-refractivity contribution < 1.29 is 31.1 Å². The number of fused-ring (bicyclic) bond motifs is 1. The van der Waals surface area contributed by atoms with Gasteiger partial charge in [0.2, 0.25) is 0 Å². The fourth-order valence-corrected chi connectivity index (χ4v) is 6.61. The number of Topliss-reactive ketones (excluding diaryl/α,β-unsaturated/α-hetero) is 1. The van der Waals surface area contributed by atoms with Crippen LogP contribution in [0.5, 0.6) is 0 Å². The van der Waals surface area contributed by atoms with Crippen LogP contribution in [0.2, 0.25) is 0 Å². The Labute approximate surface area is 188 Å². The van der Waals surface area contributed by atoms with Crippen molar-refractivity contribution in [1.82, 2.24) is 4.98 Å². The number of rotatable bonds is 5. The largest absolute Gasteiger partial charge is 0.386 e. The molecular weight excluding hydrogens is 459 g/mol. The zero-order valence-electron chi connectivity index (χ0n) is 17.9. The van der Waals surface area contributed by atoms with E-state index in [4.69, 9.17) is 10.5 Å². The van der Waals surface area contributed by atoms with Crippen molar-refractivity contribution in [2.75, 3.05) is 13.3 Å². The molecule has 4 rings (SSSR count). The number of hydrogen-bond acceptors (Lipinski definition) is 7. The van der Waals surface area contributed by atoms with Crippen molar-refractivity contribution in [3.8, 4) is 0 Å². The molecule has 1 aromatic carbocycles. The quantitative estimate of drug-likeness (QED) is 0.656. The van der Waals surface area contributed by atoms with E-state index >= 15 is 4.39 Å². The number of hydrogen-bond donors (Lipinski definition) is 1. The molecule has 3 heterocycles. The molecule has 0 radical (unpaired) electrons. The first kappa shape index (κ1) is 23.4. The van der Waals surface area contributed by atoms with Crippen LogP contribution >= 0.6 is 0 Å². The molecular formula is C22H22F3N3O4S. The van der Waals surface area contributed by atoms with Crippen LogP contribution in [0, 0.1) is 11.6 Å². The number of pyridine rings is 1. The summed E-state index contributed by atoms with van der Waals surface area (Å²) in [6, 6.07) is 6.09. The summed E-state index contributed by atoms with van der Waals surface area (Å²) in [7, 11) is -4.16. The lowest BCUT2D eigenvalue weighted by atomic mass is 9.84. The van der Waals surface area contributed by atoms with Gasteiger partial charge in [-0.25, -0.2) is 21.6 Å². The van der Waals surface area contributed by atoms with E-state index in [0.29, 0.717) is 5.56 Å². The maximum atomic E-state index is 15.1. The van der Waals surface area contributed by atoms with Gasteiger partial charge in [0, 0.05) is 12.0 Å². The second-order valence-electron chi connectivity index (χ2n) is 8.68. The van der Waals surface area contributed by atoms with Gasteiger partial charge in [0.15, 0.2) is 15.6 Å². The smallest absolute Gasteiger partial charge is 0.185 e. The number of carbonyl (C=O) groups excluding carboxylic acids is 1. The Hall–Kier alpha value is -2.79. The summed E-state index contributed by atoms with van der Waals surface area (Å²) in [6.07, 6.45) is -0.650. The van der Waals surface area contributed by atoms with Crippen LogP contribution in [-0.4, -0.2) is 54.4 Å². The number of sulfone groups is 1. The zero-order chi connectivity index (χ0) is 24.2. The maximum Gasteiger partial charge on any atom is 0.185 e. The minimum absolute atomic E-state index is 0.0178. The van der Waals surface area contributed by atoms with Gasteiger partial charge < -0.3 is 10.5 Å². The molecule has 0 bridgehead atoms. The summed E-state index contributed by atoms with van der Waals surface area (Å²) in [5.41, 5.74) is 4.43. The SMILES string of the molecule is CC1(C)C(N)=N[C@@]2(c3cc(CC(=O)c4ccc(F)cn4)ccc3F)COC(CF)[C@H]2S1(=O)=O. The second kappa shape index (κ2) is 7.91. The Kier molecular flexibility index (Phi) is 5.60. The maximum absolute atomic E-state index is 15.1. The first-order chi connectivity index (χ1) is 15.4. The lowest BCUT2D eigenvalue weighted by Crippen LogP contribution is -2.62. The molecule has 1 fully saturated rings. The van der Waals surface area contributed by atoms with E-state index < -0.39 is 62.2 Å². The van der Waals surface area contributed by atoms with Gasteiger partial charge >= 0.3 is 0 Å². The molecule has 1 saturated heterocycles. The van der Waals surface area contributed by atoms with Crippen molar-refractivity contribution in [1.29, 1.82) is 0 Å². The monoisotopic (exact) mass is 481 g/mol. The molecule has 7 nitrogen and oxygen atoms in total.